The number of rotatable bonds is 5. The van der Waals surface area contributed by atoms with E-state index in [-0.39, 0.29) is 5.60 Å². The van der Waals surface area contributed by atoms with Crippen molar-refractivity contribution in [2.75, 3.05) is 0 Å². The van der Waals surface area contributed by atoms with Gasteiger partial charge in [0.05, 0.1) is 5.60 Å². The van der Waals surface area contributed by atoms with E-state index < -0.39 is 0 Å². The zero-order valence-electron chi connectivity index (χ0n) is 8.35. The summed E-state index contributed by atoms with van der Waals surface area (Å²) in [5.74, 6) is 0.603. The lowest BCUT2D eigenvalue weighted by Gasteiger charge is -2.28. The fourth-order valence-corrected chi connectivity index (χ4v) is 1.65. The van der Waals surface area contributed by atoms with Crippen LogP contribution in [-0.2, 0) is 0 Å². The van der Waals surface area contributed by atoms with Gasteiger partial charge in [-0.15, -0.1) is 0 Å². The van der Waals surface area contributed by atoms with Gasteiger partial charge in [-0.1, -0.05) is 34.1 Å². The van der Waals surface area contributed by atoms with Crippen molar-refractivity contribution < 1.29 is 5.11 Å². The summed E-state index contributed by atoms with van der Waals surface area (Å²) in [7, 11) is 0. The molecule has 0 heterocycles. The Bertz CT molecular complexity index is 99.0. The summed E-state index contributed by atoms with van der Waals surface area (Å²) in [6.45, 7) is 8.52. The molecule has 1 N–H and O–H groups in total. The van der Waals surface area contributed by atoms with Crippen LogP contribution in [0.5, 0.6) is 0 Å². The molecule has 1 heteroatoms. The molecule has 1 nitrogen and oxygen atoms in total. The van der Waals surface area contributed by atoms with Crippen LogP contribution in [0.3, 0.4) is 0 Å². The van der Waals surface area contributed by atoms with Gasteiger partial charge in [0.2, 0.25) is 0 Å². The molecule has 0 fully saturated rings. The van der Waals surface area contributed by atoms with Crippen LogP contribution in [-0.4, -0.2) is 10.7 Å². The van der Waals surface area contributed by atoms with Crippen LogP contribution in [0.2, 0.25) is 0 Å². The summed E-state index contributed by atoms with van der Waals surface area (Å²) in [4.78, 5) is 0. The second-order valence-electron chi connectivity index (χ2n) is 3.93. The SMILES string of the molecule is CCCC(O)(CC)CC(C)C. The summed E-state index contributed by atoms with van der Waals surface area (Å²) >= 11 is 0. The lowest BCUT2D eigenvalue weighted by atomic mass is 9.86. The van der Waals surface area contributed by atoms with E-state index in [0.717, 1.165) is 25.7 Å². The Balaban J connectivity index is 3.87. The third-order valence-electron chi connectivity index (χ3n) is 2.16. The third-order valence-corrected chi connectivity index (χ3v) is 2.16. The normalized spacial score (nSPS) is 16.9. The molecular formula is C10H22O. The van der Waals surface area contributed by atoms with Gasteiger partial charge in [-0.25, -0.2) is 0 Å². The molecule has 0 aromatic heterocycles. The molecule has 0 aliphatic heterocycles. The van der Waals surface area contributed by atoms with Crippen LogP contribution in [0.25, 0.3) is 0 Å². The van der Waals surface area contributed by atoms with E-state index in [0.29, 0.717) is 5.92 Å². The minimum absolute atomic E-state index is 0.386. The first-order chi connectivity index (χ1) is 5.04. The molecule has 0 rings (SSSR count). The Morgan fingerprint density at radius 1 is 1.27 bits per heavy atom. The van der Waals surface area contributed by atoms with Crippen LogP contribution in [0.15, 0.2) is 0 Å². The highest BCUT2D eigenvalue weighted by Gasteiger charge is 2.23. The second-order valence-corrected chi connectivity index (χ2v) is 3.93. The average molecular weight is 158 g/mol. The molecule has 0 spiro atoms. The van der Waals surface area contributed by atoms with Crippen molar-refractivity contribution in [3.05, 3.63) is 0 Å². The molecule has 0 saturated heterocycles. The molecule has 0 aromatic rings. The van der Waals surface area contributed by atoms with Crippen LogP contribution in [0, 0.1) is 5.92 Å². The van der Waals surface area contributed by atoms with E-state index >= 15 is 0 Å². The quantitative estimate of drug-likeness (QED) is 0.652. The largest absolute Gasteiger partial charge is 0.390 e. The van der Waals surface area contributed by atoms with E-state index in [1.165, 1.54) is 0 Å². The predicted molar refractivity (Wildman–Crippen MR) is 49.6 cm³/mol. The van der Waals surface area contributed by atoms with Gasteiger partial charge in [0, 0.05) is 0 Å². The summed E-state index contributed by atoms with van der Waals surface area (Å²) in [5.41, 5.74) is -0.386. The zero-order chi connectivity index (χ0) is 8.91. The molecule has 0 radical (unpaired) electrons. The lowest BCUT2D eigenvalue weighted by Crippen LogP contribution is -2.29. The van der Waals surface area contributed by atoms with Gasteiger partial charge < -0.3 is 5.11 Å². The molecule has 68 valence electrons. The molecule has 1 atom stereocenters. The summed E-state index contributed by atoms with van der Waals surface area (Å²) < 4.78 is 0. The van der Waals surface area contributed by atoms with Gasteiger partial charge in [-0.3, -0.25) is 0 Å². The van der Waals surface area contributed by atoms with Gasteiger partial charge in [0.15, 0.2) is 0 Å². The van der Waals surface area contributed by atoms with E-state index in [4.69, 9.17) is 0 Å². The Morgan fingerprint density at radius 3 is 2.09 bits per heavy atom. The van der Waals surface area contributed by atoms with E-state index in [1.54, 1.807) is 0 Å². The topological polar surface area (TPSA) is 20.2 Å². The lowest BCUT2D eigenvalue weighted by molar-refractivity contribution is 0.00701. The van der Waals surface area contributed by atoms with Crippen molar-refractivity contribution in [3.63, 3.8) is 0 Å². The zero-order valence-corrected chi connectivity index (χ0v) is 8.35. The van der Waals surface area contributed by atoms with Crippen molar-refractivity contribution in [2.24, 2.45) is 5.92 Å². The molecular weight excluding hydrogens is 136 g/mol. The Kier molecular flexibility index (Phi) is 4.74. The molecule has 0 saturated carbocycles. The van der Waals surface area contributed by atoms with Crippen molar-refractivity contribution >= 4 is 0 Å². The van der Waals surface area contributed by atoms with Crippen LogP contribution in [0.4, 0.5) is 0 Å². The van der Waals surface area contributed by atoms with Gasteiger partial charge in [0.25, 0.3) is 0 Å². The van der Waals surface area contributed by atoms with Gasteiger partial charge in [-0.2, -0.15) is 0 Å². The maximum Gasteiger partial charge on any atom is 0.0647 e. The smallest absolute Gasteiger partial charge is 0.0647 e. The van der Waals surface area contributed by atoms with Crippen LogP contribution < -0.4 is 0 Å². The van der Waals surface area contributed by atoms with Crippen molar-refractivity contribution in [1.82, 2.24) is 0 Å². The molecule has 0 bridgehead atoms. The minimum Gasteiger partial charge on any atom is -0.390 e. The fourth-order valence-electron chi connectivity index (χ4n) is 1.65. The number of hydrogen-bond acceptors (Lipinski definition) is 1. The van der Waals surface area contributed by atoms with E-state index in [9.17, 15) is 5.11 Å². The Morgan fingerprint density at radius 2 is 1.82 bits per heavy atom. The molecule has 0 amide bonds. The number of aliphatic hydroxyl groups is 1. The molecule has 0 aliphatic carbocycles. The summed E-state index contributed by atoms with van der Waals surface area (Å²) in [5, 5.41) is 9.99. The van der Waals surface area contributed by atoms with Crippen molar-refractivity contribution in [1.29, 1.82) is 0 Å². The average Bonchev–Trinajstić information content (AvgIpc) is 1.87. The van der Waals surface area contributed by atoms with E-state index in [1.807, 2.05) is 0 Å². The van der Waals surface area contributed by atoms with Crippen LogP contribution in [0.1, 0.15) is 53.4 Å². The van der Waals surface area contributed by atoms with Crippen molar-refractivity contribution in [3.8, 4) is 0 Å². The van der Waals surface area contributed by atoms with Gasteiger partial charge in [0.1, 0.15) is 0 Å². The monoisotopic (exact) mass is 158 g/mol. The molecule has 0 aromatic carbocycles. The molecule has 11 heavy (non-hydrogen) atoms. The standard InChI is InChI=1S/C10H22O/c1-5-7-10(11,6-2)8-9(3)4/h9,11H,5-8H2,1-4H3. The maximum atomic E-state index is 9.99. The van der Waals surface area contributed by atoms with Crippen LogP contribution >= 0.6 is 0 Å². The third kappa shape index (κ3) is 4.41. The second kappa shape index (κ2) is 4.76. The Hall–Kier alpha value is -0.0400. The highest BCUT2D eigenvalue weighted by molar-refractivity contribution is 4.77. The summed E-state index contributed by atoms with van der Waals surface area (Å²) in [6, 6.07) is 0. The first-order valence-corrected chi connectivity index (χ1v) is 4.76. The van der Waals surface area contributed by atoms with Gasteiger partial charge in [-0.05, 0) is 25.2 Å². The minimum atomic E-state index is -0.386. The number of hydrogen-bond donors (Lipinski definition) is 1. The van der Waals surface area contributed by atoms with Crippen molar-refractivity contribution in [2.45, 2.75) is 59.0 Å². The highest BCUT2D eigenvalue weighted by atomic mass is 16.3. The predicted octanol–water partition coefficient (Wildman–Crippen LogP) is 2.97. The van der Waals surface area contributed by atoms with Gasteiger partial charge >= 0.3 is 0 Å². The fraction of sp³-hybridized carbons (Fsp3) is 1.00. The Labute approximate surface area is 70.8 Å². The molecule has 0 aliphatic rings. The highest BCUT2D eigenvalue weighted by Crippen LogP contribution is 2.25. The summed E-state index contributed by atoms with van der Waals surface area (Å²) in [6.07, 6.45) is 3.86. The van der Waals surface area contributed by atoms with E-state index in [2.05, 4.69) is 27.7 Å². The molecule has 1 unspecified atom stereocenters. The first-order valence-electron chi connectivity index (χ1n) is 4.76. The first kappa shape index (κ1) is 11.0. The maximum absolute atomic E-state index is 9.99.